The number of ether oxygens (including phenoxy) is 2. The molecule has 0 amide bonds. The van der Waals surface area contributed by atoms with E-state index in [1.807, 2.05) is 0 Å². The third-order valence-corrected chi connectivity index (χ3v) is 3.99. The van der Waals surface area contributed by atoms with Crippen molar-refractivity contribution in [1.82, 2.24) is 0 Å². The summed E-state index contributed by atoms with van der Waals surface area (Å²) >= 11 is 0. The number of non-ortho nitro benzene ring substituents is 1. The number of nitro benzene ring substituents is 1. The molecule has 7 nitrogen and oxygen atoms in total. The molecule has 0 bridgehead atoms. The third kappa shape index (κ3) is 5.13. The lowest BCUT2D eigenvalue weighted by molar-refractivity contribution is -0.384. The maximum atomic E-state index is 12.6. The molecule has 0 atom stereocenters. The van der Waals surface area contributed by atoms with Gasteiger partial charge in [0, 0.05) is 23.3 Å². The number of nitro groups is 1. The highest BCUT2D eigenvalue weighted by Crippen LogP contribution is 2.24. The monoisotopic (exact) mass is 371 g/mol. The Balaban J connectivity index is 2.27. The zero-order valence-electron chi connectivity index (χ0n) is 15.3. The molecule has 0 radical (unpaired) electrons. The second-order valence-corrected chi connectivity index (χ2v) is 5.89. The van der Waals surface area contributed by atoms with E-state index in [-0.39, 0.29) is 28.2 Å². The van der Waals surface area contributed by atoms with Crippen LogP contribution in [0.25, 0.3) is 0 Å². The Morgan fingerprint density at radius 3 is 2.30 bits per heavy atom. The largest absolute Gasteiger partial charge is 0.493 e. The van der Waals surface area contributed by atoms with E-state index < -0.39 is 10.9 Å². The number of hydrogen-bond donors (Lipinski definition) is 0. The van der Waals surface area contributed by atoms with Crippen LogP contribution in [-0.2, 0) is 4.74 Å². The molecule has 7 heteroatoms. The van der Waals surface area contributed by atoms with E-state index in [0.717, 1.165) is 19.3 Å². The molecule has 0 saturated heterocycles. The second kappa shape index (κ2) is 9.47. The minimum Gasteiger partial charge on any atom is -0.493 e. The lowest BCUT2D eigenvalue weighted by Gasteiger charge is -2.12. The molecule has 0 fully saturated rings. The summed E-state index contributed by atoms with van der Waals surface area (Å²) in [6.07, 6.45) is 2.93. The van der Waals surface area contributed by atoms with Gasteiger partial charge in [-0.3, -0.25) is 14.9 Å². The minimum atomic E-state index is -0.598. The van der Waals surface area contributed by atoms with Crippen LogP contribution >= 0.6 is 0 Å². The predicted molar refractivity (Wildman–Crippen MR) is 99.3 cm³/mol. The number of carbonyl (C=O) groups excluding carboxylic acids is 2. The van der Waals surface area contributed by atoms with Crippen molar-refractivity contribution in [2.24, 2.45) is 0 Å². The van der Waals surface area contributed by atoms with Crippen LogP contribution in [0.4, 0.5) is 5.69 Å². The Hall–Kier alpha value is -3.22. The number of hydrogen-bond acceptors (Lipinski definition) is 6. The predicted octanol–water partition coefficient (Wildman–Crippen LogP) is 4.18. The molecule has 27 heavy (non-hydrogen) atoms. The Bertz CT molecular complexity index is 829. The zero-order valence-corrected chi connectivity index (χ0v) is 15.3. The van der Waals surface area contributed by atoms with Gasteiger partial charge in [0.1, 0.15) is 11.3 Å². The van der Waals surface area contributed by atoms with Crippen LogP contribution in [0.3, 0.4) is 0 Å². The Morgan fingerprint density at radius 2 is 1.70 bits per heavy atom. The molecule has 0 N–H and O–H groups in total. The second-order valence-electron chi connectivity index (χ2n) is 5.89. The molecule has 2 aromatic carbocycles. The van der Waals surface area contributed by atoms with Crippen LogP contribution in [0, 0.1) is 10.1 Å². The molecule has 0 aliphatic carbocycles. The van der Waals surface area contributed by atoms with Gasteiger partial charge in [-0.2, -0.15) is 0 Å². The number of carbonyl (C=O) groups is 2. The van der Waals surface area contributed by atoms with Crippen molar-refractivity contribution in [3.63, 3.8) is 0 Å². The average Bonchev–Trinajstić information content (AvgIpc) is 2.70. The Kier molecular flexibility index (Phi) is 7.05. The summed E-state index contributed by atoms with van der Waals surface area (Å²) in [5, 5.41) is 10.7. The van der Waals surface area contributed by atoms with Gasteiger partial charge in [0.15, 0.2) is 5.78 Å². The standard InChI is InChI=1S/C20H21NO6/c1-3-4-5-12-27-18-11-8-15(13-17(18)20(23)26-2)19(22)14-6-9-16(10-7-14)21(24)25/h6-11,13H,3-5,12H2,1-2H3. The summed E-state index contributed by atoms with van der Waals surface area (Å²) in [4.78, 5) is 34.9. The van der Waals surface area contributed by atoms with Gasteiger partial charge in [0.2, 0.25) is 0 Å². The Labute approximate surface area is 157 Å². The summed E-state index contributed by atoms with van der Waals surface area (Å²) in [5.74, 6) is -0.593. The van der Waals surface area contributed by atoms with Crippen LogP contribution in [0.15, 0.2) is 42.5 Å². The van der Waals surface area contributed by atoms with Crippen LogP contribution < -0.4 is 4.74 Å². The number of unbranched alkanes of at least 4 members (excludes halogenated alkanes) is 2. The van der Waals surface area contributed by atoms with Gasteiger partial charge in [-0.15, -0.1) is 0 Å². The highest BCUT2D eigenvalue weighted by Gasteiger charge is 2.18. The van der Waals surface area contributed by atoms with Crippen LogP contribution in [0.2, 0.25) is 0 Å². The SMILES string of the molecule is CCCCCOc1ccc(C(=O)c2ccc([N+](=O)[O-])cc2)cc1C(=O)OC. The van der Waals surface area contributed by atoms with Crippen molar-refractivity contribution in [3.8, 4) is 5.75 Å². The zero-order chi connectivity index (χ0) is 19.8. The molecular formula is C20H21NO6. The van der Waals surface area contributed by atoms with Crippen molar-refractivity contribution >= 4 is 17.4 Å². The molecule has 0 aliphatic rings. The van der Waals surface area contributed by atoms with Crippen molar-refractivity contribution in [2.75, 3.05) is 13.7 Å². The third-order valence-electron chi connectivity index (χ3n) is 3.99. The quantitative estimate of drug-likeness (QED) is 0.216. The molecule has 0 spiro atoms. The van der Waals surface area contributed by atoms with Gasteiger partial charge in [-0.25, -0.2) is 4.79 Å². The average molecular weight is 371 g/mol. The number of ketones is 1. The number of nitrogens with zero attached hydrogens (tertiary/aromatic N) is 1. The fraction of sp³-hybridized carbons (Fsp3) is 0.300. The van der Waals surface area contributed by atoms with Gasteiger partial charge in [0.25, 0.3) is 5.69 Å². The molecule has 0 unspecified atom stereocenters. The van der Waals surface area contributed by atoms with Gasteiger partial charge in [-0.1, -0.05) is 19.8 Å². The van der Waals surface area contributed by atoms with E-state index in [1.165, 1.54) is 37.4 Å². The molecule has 142 valence electrons. The van der Waals surface area contributed by atoms with E-state index in [4.69, 9.17) is 9.47 Å². The van der Waals surface area contributed by atoms with E-state index >= 15 is 0 Å². The van der Waals surface area contributed by atoms with Crippen LogP contribution in [0.1, 0.15) is 52.5 Å². The summed E-state index contributed by atoms with van der Waals surface area (Å²) in [6, 6.07) is 9.84. The smallest absolute Gasteiger partial charge is 0.341 e. The number of rotatable bonds is 9. The van der Waals surface area contributed by atoms with Crippen molar-refractivity contribution in [2.45, 2.75) is 26.2 Å². The normalized spacial score (nSPS) is 10.3. The first-order valence-corrected chi connectivity index (χ1v) is 8.62. The molecule has 0 saturated carbocycles. The molecular weight excluding hydrogens is 350 g/mol. The van der Waals surface area contributed by atoms with Gasteiger partial charge >= 0.3 is 5.97 Å². The first kappa shape index (κ1) is 20.1. The van der Waals surface area contributed by atoms with E-state index in [0.29, 0.717) is 12.4 Å². The maximum Gasteiger partial charge on any atom is 0.341 e. The van der Waals surface area contributed by atoms with Gasteiger partial charge < -0.3 is 9.47 Å². The fourth-order valence-corrected chi connectivity index (χ4v) is 2.50. The summed E-state index contributed by atoms with van der Waals surface area (Å²) in [7, 11) is 1.26. The highest BCUT2D eigenvalue weighted by atomic mass is 16.6. The first-order valence-electron chi connectivity index (χ1n) is 8.62. The van der Waals surface area contributed by atoms with E-state index in [9.17, 15) is 19.7 Å². The maximum absolute atomic E-state index is 12.6. The molecule has 0 heterocycles. The minimum absolute atomic E-state index is 0.0994. The lowest BCUT2D eigenvalue weighted by atomic mass is 10.0. The number of methoxy groups -OCH3 is 1. The molecule has 0 aromatic heterocycles. The summed E-state index contributed by atoms with van der Waals surface area (Å²) in [5.41, 5.74) is 0.623. The Morgan fingerprint density at radius 1 is 1.04 bits per heavy atom. The van der Waals surface area contributed by atoms with Gasteiger partial charge in [0.05, 0.1) is 18.6 Å². The van der Waals surface area contributed by atoms with Crippen molar-refractivity contribution < 1.29 is 24.0 Å². The van der Waals surface area contributed by atoms with Crippen molar-refractivity contribution in [1.29, 1.82) is 0 Å². The van der Waals surface area contributed by atoms with Crippen molar-refractivity contribution in [3.05, 3.63) is 69.3 Å². The van der Waals surface area contributed by atoms with Crippen LogP contribution in [-0.4, -0.2) is 30.4 Å². The summed E-state index contributed by atoms with van der Waals surface area (Å²) in [6.45, 7) is 2.55. The highest BCUT2D eigenvalue weighted by molar-refractivity contribution is 6.10. The topological polar surface area (TPSA) is 95.7 Å². The first-order chi connectivity index (χ1) is 13.0. The summed E-state index contributed by atoms with van der Waals surface area (Å²) < 4.78 is 10.4. The number of esters is 1. The van der Waals surface area contributed by atoms with Crippen LogP contribution in [0.5, 0.6) is 5.75 Å². The van der Waals surface area contributed by atoms with E-state index in [1.54, 1.807) is 12.1 Å². The fourth-order valence-electron chi connectivity index (χ4n) is 2.50. The molecule has 0 aliphatic heterocycles. The lowest BCUT2D eigenvalue weighted by Crippen LogP contribution is -2.09. The van der Waals surface area contributed by atoms with Gasteiger partial charge in [-0.05, 0) is 36.8 Å². The molecule has 2 aromatic rings. The number of benzene rings is 2. The van der Waals surface area contributed by atoms with E-state index in [2.05, 4.69) is 6.92 Å². The molecule has 2 rings (SSSR count).